The van der Waals surface area contributed by atoms with Gasteiger partial charge in [0.2, 0.25) is 11.6 Å². The van der Waals surface area contributed by atoms with E-state index in [0.717, 1.165) is 10.6 Å². The monoisotopic (exact) mass is 415 g/mol. The Morgan fingerprint density at radius 2 is 2.03 bits per heavy atom. The van der Waals surface area contributed by atoms with Crippen LogP contribution in [0.4, 0.5) is 5.69 Å². The van der Waals surface area contributed by atoms with E-state index in [9.17, 15) is 9.59 Å². The predicted octanol–water partition coefficient (Wildman–Crippen LogP) is 2.28. The van der Waals surface area contributed by atoms with E-state index < -0.39 is 5.97 Å². The van der Waals surface area contributed by atoms with E-state index in [0.29, 0.717) is 11.4 Å². The number of hydrogen-bond acceptors (Lipinski definition) is 9. The topological polar surface area (TPSA) is 144 Å². The van der Waals surface area contributed by atoms with E-state index >= 15 is 0 Å². The third kappa shape index (κ3) is 5.28. The standard InChI is InChI=1S/C21H17N7O3/c1-14-9-19(29)28(13-31-21(30)16-3-2-8-24-12-16)27-20(14)15-4-6-17(7-5-15)25-26-18(10-22)11-23/h2-8,12,14,25H,9,13H2,1H3/t14-/m1/s1. The number of anilines is 1. The highest BCUT2D eigenvalue weighted by Gasteiger charge is 2.28. The van der Waals surface area contributed by atoms with Gasteiger partial charge in [0.25, 0.3) is 0 Å². The lowest BCUT2D eigenvalue weighted by Gasteiger charge is -2.27. The third-order valence-corrected chi connectivity index (χ3v) is 4.37. The number of esters is 1. The number of nitriles is 2. The van der Waals surface area contributed by atoms with Gasteiger partial charge in [0.1, 0.15) is 12.1 Å². The van der Waals surface area contributed by atoms with Crippen LogP contribution in [0.3, 0.4) is 0 Å². The molecule has 2 heterocycles. The number of rotatable bonds is 6. The molecule has 0 unspecified atom stereocenters. The van der Waals surface area contributed by atoms with Crippen molar-refractivity contribution in [3.63, 3.8) is 0 Å². The molecule has 0 saturated heterocycles. The Hall–Kier alpha value is -4.57. The van der Waals surface area contributed by atoms with Crippen LogP contribution in [0, 0.1) is 28.6 Å². The molecule has 0 radical (unpaired) electrons. The largest absolute Gasteiger partial charge is 0.439 e. The van der Waals surface area contributed by atoms with Crippen LogP contribution in [0.25, 0.3) is 0 Å². The molecule has 0 bridgehead atoms. The van der Waals surface area contributed by atoms with Crippen molar-refractivity contribution in [3.05, 3.63) is 59.9 Å². The molecule has 1 N–H and O–H groups in total. The number of amides is 1. The average molecular weight is 415 g/mol. The Labute approximate surface area is 178 Å². The third-order valence-electron chi connectivity index (χ3n) is 4.37. The maximum Gasteiger partial charge on any atom is 0.341 e. The first-order chi connectivity index (χ1) is 15.0. The van der Waals surface area contributed by atoms with E-state index in [2.05, 4.69) is 20.6 Å². The predicted molar refractivity (Wildman–Crippen MR) is 110 cm³/mol. The summed E-state index contributed by atoms with van der Waals surface area (Å²) in [6.07, 6.45) is 3.15. The summed E-state index contributed by atoms with van der Waals surface area (Å²) in [7, 11) is 0. The fourth-order valence-corrected chi connectivity index (χ4v) is 2.79. The lowest BCUT2D eigenvalue weighted by atomic mass is 9.94. The quantitative estimate of drug-likeness (QED) is 0.433. The van der Waals surface area contributed by atoms with Crippen molar-refractivity contribution in [2.75, 3.05) is 12.2 Å². The molecule has 0 fully saturated rings. The highest BCUT2D eigenvalue weighted by Crippen LogP contribution is 2.22. The zero-order valence-corrected chi connectivity index (χ0v) is 16.5. The van der Waals surface area contributed by atoms with Gasteiger partial charge in [-0.3, -0.25) is 15.2 Å². The summed E-state index contributed by atoms with van der Waals surface area (Å²) in [6, 6.07) is 13.5. The van der Waals surface area contributed by atoms with Gasteiger partial charge in [-0.2, -0.15) is 25.7 Å². The van der Waals surface area contributed by atoms with Crippen LogP contribution in [0.2, 0.25) is 0 Å². The Balaban J connectivity index is 1.71. The van der Waals surface area contributed by atoms with Gasteiger partial charge in [-0.05, 0) is 29.8 Å². The number of aromatic nitrogens is 1. The smallest absolute Gasteiger partial charge is 0.341 e. The Morgan fingerprint density at radius 3 is 2.68 bits per heavy atom. The molecule has 0 spiro atoms. The van der Waals surface area contributed by atoms with E-state index in [1.54, 1.807) is 54.7 Å². The van der Waals surface area contributed by atoms with Crippen molar-refractivity contribution in [2.45, 2.75) is 13.3 Å². The van der Waals surface area contributed by atoms with Crippen LogP contribution in [0.5, 0.6) is 0 Å². The Morgan fingerprint density at radius 1 is 1.29 bits per heavy atom. The lowest BCUT2D eigenvalue weighted by Crippen LogP contribution is -2.38. The number of benzene rings is 1. The molecule has 2 aromatic rings. The van der Waals surface area contributed by atoms with Crippen LogP contribution >= 0.6 is 0 Å². The molecule has 1 aromatic carbocycles. The molecule has 0 saturated carbocycles. The van der Waals surface area contributed by atoms with Gasteiger partial charge in [0, 0.05) is 24.7 Å². The van der Waals surface area contributed by atoms with Crippen molar-refractivity contribution in [3.8, 4) is 12.1 Å². The van der Waals surface area contributed by atoms with E-state index in [1.165, 1.54) is 6.20 Å². The number of carbonyl (C=O) groups is 2. The van der Waals surface area contributed by atoms with Gasteiger partial charge >= 0.3 is 5.97 Å². The molecule has 10 heteroatoms. The molecule has 31 heavy (non-hydrogen) atoms. The molecule has 10 nitrogen and oxygen atoms in total. The number of nitrogens with zero attached hydrogens (tertiary/aromatic N) is 6. The minimum absolute atomic E-state index is 0.126. The van der Waals surface area contributed by atoms with Crippen LogP contribution in [-0.4, -0.2) is 40.0 Å². The van der Waals surface area contributed by atoms with Crippen LogP contribution in [0.1, 0.15) is 29.3 Å². The minimum atomic E-state index is -0.596. The van der Waals surface area contributed by atoms with Gasteiger partial charge in [-0.1, -0.05) is 19.1 Å². The van der Waals surface area contributed by atoms with Crippen molar-refractivity contribution in [2.24, 2.45) is 16.1 Å². The summed E-state index contributed by atoms with van der Waals surface area (Å²) >= 11 is 0. The number of ether oxygens (including phenoxy) is 1. The number of pyridine rings is 1. The highest BCUT2D eigenvalue weighted by atomic mass is 16.5. The maximum atomic E-state index is 12.3. The highest BCUT2D eigenvalue weighted by molar-refractivity contribution is 6.10. The second kappa shape index (κ2) is 9.76. The van der Waals surface area contributed by atoms with Crippen LogP contribution < -0.4 is 5.43 Å². The van der Waals surface area contributed by atoms with Crippen molar-refractivity contribution in [1.82, 2.24) is 9.99 Å². The van der Waals surface area contributed by atoms with Gasteiger partial charge in [0.15, 0.2) is 6.73 Å². The van der Waals surface area contributed by atoms with Crippen molar-refractivity contribution < 1.29 is 14.3 Å². The molecule has 1 atom stereocenters. The number of carbonyl (C=O) groups excluding carboxylic acids is 2. The SMILES string of the molecule is C[C@@H]1CC(=O)N(COC(=O)c2cccnc2)N=C1c1ccc(NN=C(C#N)C#N)cc1. The zero-order valence-electron chi connectivity index (χ0n) is 16.5. The molecule has 1 aliphatic rings. The van der Waals surface area contributed by atoms with Crippen molar-refractivity contribution in [1.29, 1.82) is 10.5 Å². The van der Waals surface area contributed by atoms with Gasteiger partial charge < -0.3 is 4.74 Å². The normalized spacial score (nSPS) is 15.2. The summed E-state index contributed by atoms with van der Waals surface area (Å²) < 4.78 is 5.19. The van der Waals surface area contributed by atoms with Gasteiger partial charge in [-0.25, -0.2) is 4.79 Å². The summed E-state index contributed by atoms with van der Waals surface area (Å²) in [5.74, 6) is -0.969. The molecule has 0 aliphatic carbocycles. The number of hydrazone groups is 2. The maximum absolute atomic E-state index is 12.3. The first-order valence-electron chi connectivity index (χ1n) is 9.22. The van der Waals surface area contributed by atoms with Crippen molar-refractivity contribution >= 4 is 29.0 Å². The molecule has 1 aliphatic heterocycles. The summed E-state index contributed by atoms with van der Waals surface area (Å²) in [4.78, 5) is 28.3. The minimum Gasteiger partial charge on any atom is -0.439 e. The van der Waals surface area contributed by atoms with E-state index in [-0.39, 0.29) is 36.3 Å². The fourth-order valence-electron chi connectivity index (χ4n) is 2.79. The molecular weight excluding hydrogens is 398 g/mol. The Kier molecular flexibility index (Phi) is 6.66. The second-order valence-electron chi connectivity index (χ2n) is 6.56. The molecule has 154 valence electrons. The van der Waals surface area contributed by atoms with Gasteiger partial charge in [-0.15, -0.1) is 0 Å². The Bertz CT molecular complexity index is 1100. The van der Waals surface area contributed by atoms with E-state index in [4.69, 9.17) is 15.3 Å². The first kappa shape index (κ1) is 21.1. The molecule has 3 rings (SSSR count). The molecular formula is C21H17N7O3. The lowest BCUT2D eigenvalue weighted by molar-refractivity contribution is -0.136. The second-order valence-corrected chi connectivity index (χ2v) is 6.56. The number of nitrogens with one attached hydrogen (secondary N) is 1. The first-order valence-corrected chi connectivity index (χ1v) is 9.22. The number of hydrogen-bond donors (Lipinski definition) is 1. The van der Waals surface area contributed by atoms with E-state index in [1.807, 2.05) is 6.92 Å². The molecule has 1 amide bonds. The average Bonchev–Trinajstić information content (AvgIpc) is 2.80. The summed E-state index contributed by atoms with van der Waals surface area (Å²) in [6.45, 7) is 1.58. The van der Waals surface area contributed by atoms with Crippen LogP contribution in [-0.2, 0) is 9.53 Å². The van der Waals surface area contributed by atoms with Gasteiger partial charge in [0.05, 0.1) is 17.0 Å². The summed E-state index contributed by atoms with van der Waals surface area (Å²) in [5.41, 5.74) is 4.65. The molecule has 1 aromatic heterocycles. The van der Waals surface area contributed by atoms with Crippen LogP contribution in [0.15, 0.2) is 59.0 Å². The fraction of sp³-hybridized carbons (Fsp3) is 0.190. The summed E-state index contributed by atoms with van der Waals surface area (Å²) in [5, 5.41) is 26.6. The zero-order chi connectivity index (χ0) is 22.2.